The molecular weight excluding hydrogens is 240 g/mol. The molecule has 5 heteroatoms. The molecule has 0 spiro atoms. The van der Waals surface area contributed by atoms with Gasteiger partial charge >= 0.3 is 0 Å². The molecule has 2 unspecified atom stereocenters. The highest BCUT2D eigenvalue weighted by molar-refractivity contribution is 5.32. The zero-order chi connectivity index (χ0) is 13.4. The average Bonchev–Trinajstić information content (AvgIpc) is 2.77. The minimum absolute atomic E-state index is 0.369. The first-order valence-electron chi connectivity index (χ1n) is 6.50. The molecule has 19 heavy (non-hydrogen) atoms. The molecule has 1 aliphatic heterocycles. The fourth-order valence-electron chi connectivity index (χ4n) is 2.79. The van der Waals surface area contributed by atoms with Gasteiger partial charge in [-0.15, -0.1) is 5.10 Å². The molecular formula is C14H18N4O. The zero-order valence-corrected chi connectivity index (χ0v) is 11.2. The normalized spacial score (nSPS) is 22.0. The van der Waals surface area contributed by atoms with E-state index in [2.05, 4.69) is 29.1 Å². The van der Waals surface area contributed by atoms with Crippen molar-refractivity contribution in [2.75, 3.05) is 12.8 Å². The van der Waals surface area contributed by atoms with E-state index in [1.165, 1.54) is 5.56 Å². The number of nitrogen functional groups attached to an aromatic ring is 1. The third kappa shape index (κ3) is 2.16. The Labute approximate surface area is 112 Å². The summed E-state index contributed by atoms with van der Waals surface area (Å²) in [6.07, 6.45) is 0.909. The Hall–Kier alpha value is -2.04. The SMILES string of the molecule is COc1cccc(C2Cn3nc(N)nc3CC2C)c1. The van der Waals surface area contributed by atoms with Crippen LogP contribution in [0.1, 0.15) is 24.2 Å². The summed E-state index contributed by atoms with van der Waals surface area (Å²) in [7, 11) is 1.69. The highest BCUT2D eigenvalue weighted by Crippen LogP contribution is 2.34. The van der Waals surface area contributed by atoms with Gasteiger partial charge in [0.25, 0.3) is 0 Å². The van der Waals surface area contributed by atoms with Gasteiger partial charge in [0.05, 0.1) is 13.7 Å². The van der Waals surface area contributed by atoms with Crippen LogP contribution in [0.15, 0.2) is 24.3 Å². The predicted molar refractivity (Wildman–Crippen MR) is 73.0 cm³/mol. The topological polar surface area (TPSA) is 66.0 Å². The lowest BCUT2D eigenvalue weighted by Crippen LogP contribution is -2.27. The second-order valence-electron chi connectivity index (χ2n) is 5.13. The number of methoxy groups -OCH3 is 1. The van der Waals surface area contributed by atoms with Crippen molar-refractivity contribution in [3.05, 3.63) is 35.7 Å². The van der Waals surface area contributed by atoms with Crippen molar-refractivity contribution in [2.45, 2.75) is 25.8 Å². The third-order valence-electron chi connectivity index (χ3n) is 3.85. The first-order chi connectivity index (χ1) is 9.17. The van der Waals surface area contributed by atoms with Gasteiger partial charge in [-0.25, -0.2) is 4.68 Å². The smallest absolute Gasteiger partial charge is 0.239 e. The fraction of sp³-hybridized carbons (Fsp3) is 0.429. The summed E-state index contributed by atoms with van der Waals surface area (Å²) < 4.78 is 7.23. The first-order valence-corrected chi connectivity index (χ1v) is 6.50. The average molecular weight is 258 g/mol. The van der Waals surface area contributed by atoms with E-state index in [4.69, 9.17) is 10.5 Å². The summed E-state index contributed by atoms with van der Waals surface area (Å²) in [6.45, 7) is 3.08. The van der Waals surface area contributed by atoms with Gasteiger partial charge in [0.15, 0.2) is 0 Å². The highest BCUT2D eigenvalue weighted by Gasteiger charge is 2.28. The number of anilines is 1. The van der Waals surface area contributed by atoms with Crippen molar-refractivity contribution >= 4 is 5.95 Å². The van der Waals surface area contributed by atoms with E-state index < -0.39 is 0 Å². The van der Waals surface area contributed by atoms with Crippen LogP contribution >= 0.6 is 0 Å². The van der Waals surface area contributed by atoms with Crippen LogP contribution < -0.4 is 10.5 Å². The number of nitrogens with zero attached hydrogens (tertiary/aromatic N) is 3. The summed E-state index contributed by atoms with van der Waals surface area (Å²) in [5.41, 5.74) is 6.95. The number of nitrogens with two attached hydrogens (primary N) is 1. The van der Waals surface area contributed by atoms with Crippen molar-refractivity contribution in [1.29, 1.82) is 0 Å². The Morgan fingerprint density at radius 1 is 1.42 bits per heavy atom. The number of fused-ring (bicyclic) bond motifs is 1. The summed E-state index contributed by atoms with van der Waals surface area (Å²) in [5.74, 6) is 3.19. The van der Waals surface area contributed by atoms with E-state index in [0.29, 0.717) is 17.8 Å². The van der Waals surface area contributed by atoms with E-state index in [0.717, 1.165) is 24.5 Å². The van der Waals surface area contributed by atoms with Gasteiger partial charge in [-0.1, -0.05) is 19.1 Å². The second kappa shape index (κ2) is 4.57. The van der Waals surface area contributed by atoms with E-state index in [9.17, 15) is 0 Å². The number of aromatic nitrogens is 3. The molecule has 2 atom stereocenters. The van der Waals surface area contributed by atoms with Crippen LogP contribution in [0.5, 0.6) is 5.75 Å². The molecule has 1 aliphatic rings. The van der Waals surface area contributed by atoms with Gasteiger partial charge in [-0.05, 0) is 23.6 Å². The maximum atomic E-state index is 5.67. The summed E-state index contributed by atoms with van der Waals surface area (Å²) >= 11 is 0. The van der Waals surface area contributed by atoms with E-state index >= 15 is 0 Å². The van der Waals surface area contributed by atoms with Gasteiger partial charge in [-0.2, -0.15) is 4.98 Å². The molecule has 1 aromatic carbocycles. The van der Waals surface area contributed by atoms with Crippen molar-refractivity contribution in [1.82, 2.24) is 14.8 Å². The predicted octanol–water partition coefficient (Wildman–Crippen LogP) is 1.84. The van der Waals surface area contributed by atoms with Crippen molar-refractivity contribution in [2.24, 2.45) is 5.92 Å². The Kier molecular flexibility index (Phi) is 2.89. The quantitative estimate of drug-likeness (QED) is 0.892. The standard InChI is InChI=1S/C14H18N4O/c1-9-6-13-16-14(15)17-18(13)8-12(9)10-4-3-5-11(7-10)19-2/h3-5,7,9,12H,6,8H2,1-2H3,(H2,15,17). The first kappa shape index (κ1) is 12.0. The number of benzene rings is 1. The van der Waals surface area contributed by atoms with Gasteiger partial charge in [-0.3, -0.25) is 0 Å². The van der Waals surface area contributed by atoms with Crippen molar-refractivity contribution < 1.29 is 4.74 Å². The van der Waals surface area contributed by atoms with Crippen LogP contribution in [-0.4, -0.2) is 21.9 Å². The van der Waals surface area contributed by atoms with Crippen LogP contribution in [0, 0.1) is 5.92 Å². The second-order valence-corrected chi connectivity index (χ2v) is 5.13. The molecule has 5 nitrogen and oxygen atoms in total. The number of rotatable bonds is 2. The fourth-order valence-corrected chi connectivity index (χ4v) is 2.79. The molecule has 0 aliphatic carbocycles. The van der Waals surface area contributed by atoms with E-state index in [1.807, 2.05) is 16.8 Å². The van der Waals surface area contributed by atoms with Crippen molar-refractivity contribution in [3.63, 3.8) is 0 Å². The number of ether oxygens (including phenoxy) is 1. The number of hydrogen-bond acceptors (Lipinski definition) is 4. The van der Waals surface area contributed by atoms with E-state index in [1.54, 1.807) is 7.11 Å². The largest absolute Gasteiger partial charge is 0.497 e. The Bertz CT molecular complexity index is 593. The maximum Gasteiger partial charge on any atom is 0.239 e. The molecule has 1 aromatic heterocycles. The van der Waals surface area contributed by atoms with Crippen molar-refractivity contribution in [3.8, 4) is 5.75 Å². The lowest BCUT2D eigenvalue weighted by atomic mass is 9.83. The molecule has 2 aromatic rings. The van der Waals surface area contributed by atoms with Gasteiger partial charge in [0, 0.05) is 12.3 Å². The summed E-state index contributed by atoms with van der Waals surface area (Å²) in [6, 6.07) is 8.25. The molecule has 2 heterocycles. The molecule has 2 N–H and O–H groups in total. The highest BCUT2D eigenvalue weighted by atomic mass is 16.5. The number of hydrogen-bond donors (Lipinski definition) is 1. The molecule has 0 bridgehead atoms. The molecule has 0 amide bonds. The van der Waals surface area contributed by atoms with Crippen LogP contribution in [0.4, 0.5) is 5.95 Å². The Balaban J connectivity index is 1.93. The molecule has 0 radical (unpaired) electrons. The minimum Gasteiger partial charge on any atom is -0.497 e. The van der Waals surface area contributed by atoms with Gasteiger partial charge in [0.1, 0.15) is 11.6 Å². The molecule has 0 saturated carbocycles. The monoisotopic (exact) mass is 258 g/mol. The van der Waals surface area contributed by atoms with Gasteiger partial charge < -0.3 is 10.5 Å². The molecule has 0 fully saturated rings. The lowest BCUT2D eigenvalue weighted by Gasteiger charge is -2.29. The minimum atomic E-state index is 0.369. The summed E-state index contributed by atoms with van der Waals surface area (Å²) in [5, 5.41) is 4.26. The molecule has 100 valence electrons. The van der Waals surface area contributed by atoms with Crippen LogP contribution in [0.2, 0.25) is 0 Å². The zero-order valence-electron chi connectivity index (χ0n) is 11.2. The Morgan fingerprint density at radius 3 is 3.05 bits per heavy atom. The maximum absolute atomic E-state index is 5.67. The Morgan fingerprint density at radius 2 is 2.26 bits per heavy atom. The molecule has 3 rings (SSSR count). The van der Waals surface area contributed by atoms with E-state index in [-0.39, 0.29) is 0 Å². The van der Waals surface area contributed by atoms with Crippen LogP contribution in [0.3, 0.4) is 0 Å². The summed E-state index contributed by atoms with van der Waals surface area (Å²) in [4.78, 5) is 4.27. The lowest BCUT2D eigenvalue weighted by molar-refractivity contribution is 0.329. The molecule has 0 saturated heterocycles. The van der Waals surface area contributed by atoms with Gasteiger partial charge in [0.2, 0.25) is 5.95 Å². The van der Waals surface area contributed by atoms with Crippen LogP contribution in [0.25, 0.3) is 0 Å². The van der Waals surface area contributed by atoms with Crippen LogP contribution in [-0.2, 0) is 13.0 Å². The third-order valence-corrected chi connectivity index (χ3v) is 3.85.